The number of amides is 2. The van der Waals surface area contributed by atoms with Gasteiger partial charge in [0.1, 0.15) is 5.01 Å². The number of anilines is 1. The standard InChI is InChI=1S/C21H22N4OS/c26-21(22-18-9-5-2-6-10-18)25-13-11-24(12-14-25)15-20-23-19(16-27-20)17-7-3-1-4-8-17/h1-10,16H,11-15H2,(H,22,26). The molecule has 5 nitrogen and oxygen atoms in total. The summed E-state index contributed by atoms with van der Waals surface area (Å²) in [4.78, 5) is 21.4. The maximum atomic E-state index is 12.4. The van der Waals surface area contributed by atoms with Gasteiger partial charge in [-0.3, -0.25) is 4.90 Å². The van der Waals surface area contributed by atoms with Crippen LogP contribution in [0.1, 0.15) is 5.01 Å². The van der Waals surface area contributed by atoms with E-state index in [4.69, 9.17) is 4.98 Å². The summed E-state index contributed by atoms with van der Waals surface area (Å²) in [6.45, 7) is 4.03. The normalized spacial score (nSPS) is 14.9. The van der Waals surface area contributed by atoms with Gasteiger partial charge < -0.3 is 10.2 Å². The SMILES string of the molecule is O=C(Nc1ccccc1)N1CCN(Cc2nc(-c3ccccc3)cs2)CC1. The monoisotopic (exact) mass is 378 g/mol. The third-order valence-corrected chi connectivity index (χ3v) is 5.50. The number of nitrogens with zero attached hydrogens (tertiary/aromatic N) is 3. The highest BCUT2D eigenvalue weighted by Crippen LogP contribution is 2.22. The summed E-state index contributed by atoms with van der Waals surface area (Å²) in [6, 6.07) is 19.8. The predicted molar refractivity (Wildman–Crippen MR) is 110 cm³/mol. The van der Waals surface area contributed by atoms with Crippen molar-refractivity contribution in [2.45, 2.75) is 6.54 Å². The Morgan fingerprint density at radius 3 is 2.33 bits per heavy atom. The molecule has 0 unspecified atom stereocenters. The summed E-state index contributed by atoms with van der Waals surface area (Å²) in [6.07, 6.45) is 0. The van der Waals surface area contributed by atoms with Crippen molar-refractivity contribution in [3.05, 3.63) is 71.1 Å². The molecule has 0 spiro atoms. The lowest BCUT2D eigenvalue weighted by molar-refractivity contribution is 0.143. The molecule has 2 heterocycles. The topological polar surface area (TPSA) is 48.5 Å². The molecule has 2 amide bonds. The molecule has 6 heteroatoms. The lowest BCUT2D eigenvalue weighted by atomic mass is 10.2. The number of piperazine rings is 1. The molecule has 1 aliphatic rings. The number of benzene rings is 2. The molecule has 1 N–H and O–H groups in total. The molecular weight excluding hydrogens is 356 g/mol. The van der Waals surface area contributed by atoms with Gasteiger partial charge in [-0.15, -0.1) is 11.3 Å². The minimum atomic E-state index is -0.0264. The Balaban J connectivity index is 1.28. The van der Waals surface area contributed by atoms with Crippen LogP contribution in [-0.4, -0.2) is 47.0 Å². The molecule has 2 aromatic carbocycles. The van der Waals surface area contributed by atoms with Crippen molar-refractivity contribution in [3.63, 3.8) is 0 Å². The van der Waals surface area contributed by atoms with Gasteiger partial charge in [0, 0.05) is 42.8 Å². The van der Waals surface area contributed by atoms with Crippen molar-refractivity contribution in [3.8, 4) is 11.3 Å². The van der Waals surface area contributed by atoms with Gasteiger partial charge in [0.15, 0.2) is 0 Å². The second kappa shape index (κ2) is 8.33. The molecule has 1 saturated heterocycles. The summed E-state index contributed by atoms with van der Waals surface area (Å²) in [5, 5.41) is 6.20. The third-order valence-electron chi connectivity index (χ3n) is 4.66. The lowest BCUT2D eigenvalue weighted by Gasteiger charge is -2.34. The first kappa shape index (κ1) is 17.7. The summed E-state index contributed by atoms with van der Waals surface area (Å²) in [7, 11) is 0. The first-order valence-electron chi connectivity index (χ1n) is 9.11. The van der Waals surface area contributed by atoms with Crippen LogP contribution in [0, 0.1) is 0 Å². The Bertz CT molecular complexity index is 873. The molecule has 138 valence electrons. The summed E-state index contributed by atoms with van der Waals surface area (Å²) >= 11 is 1.70. The largest absolute Gasteiger partial charge is 0.322 e. The molecule has 0 radical (unpaired) electrons. The van der Waals surface area contributed by atoms with Crippen molar-refractivity contribution in [1.29, 1.82) is 0 Å². The van der Waals surface area contributed by atoms with E-state index < -0.39 is 0 Å². The zero-order valence-corrected chi connectivity index (χ0v) is 15.9. The van der Waals surface area contributed by atoms with Crippen LogP contribution in [0.3, 0.4) is 0 Å². The highest BCUT2D eigenvalue weighted by molar-refractivity contribution is 7.09. The molecule has 0 bridgehead atoms. The molecule has 3 aromatic rings. The maximum Gasteiger partial charge on any atom is 0.321 e. The number of hydrogen-bond acceptors (Lipinski definition) is 4. The van der Waals surface area contributed by atoms with Gasteiger partial charge in [0.05, 0.1) is 12.2 Å². The van der Waals surface area contributed by atoms with Crippen molar-refractivity contribution in [2.24, 2.45) is 0 Å². The van der Waals surface area contributed by atoms with E-state index in [1.165, 1.54) is 0 Å². The van der Waals surface area contributed by atoms with Crippen molar-refractivity contribution < 1.29 is 4.79 Å². The molecule has 0 aliphatic carbocycles. The molecule has 1 aromatic heterocycles. The minimum Gasteiger partial charge on any atom is -0.322 e. The number of urea groups is 1. The van der Waals surface area contributed by atoms with Crippen molar-refractivity contribution >= 4 is 23.1 Å². The van der Waals surface area contributed by atoms with Gasteiger partial charge in [-0.05, 0) is 12.1 Å². The number of rotatable bonds is 4. The van der Waals surface area contributed by atoms with Crippen LogP contribution in [0.15, 0.2) is 66.0 Å². The van der Waals surface area contributed by atoms with Gasteiger partial charge >= 0.3 is 6.03 Å². The number of carbonyl (C=O) groups excluding carboxylic acids is 1. The first-order chi connectivity index (χ1) is 13.3. The zero-order chi connectivity index (χ0) is 18.5. The first-order valence-corrected chi connectivity index (χ1v) is 9.99. The number of thiazole rings is 1. The number of aromatic nitrogens is 1. The molecule has 1 aliphatic heterocycles. The van der Waals surface area contributed by atoms with Crippen LogP contribution < -0.4 is 5.32 Å². The molecule has 0 atom stereocenters. The van der Waals surface area contributed by atoms with Gasteiger partial charge in [-0.1, -0.05) is 48.5 Å². The summed E-state index contributed by atoms with van der Waals surface area (Å²) < 4.78 is 0. The van der Waals surface area contributed by atoms with Crippen LogP contribution in [0.25, 0.3) is 11.3 Å². The Morgan fingerprint density at radius 2 is 1.63 bits per heavy atom. The third kappa shape index (κ3) is 4.53. The van der Waals surface area contributed by atoms with Crippen LogP contribution >= 0.6 is 11.3 Å². The molecule has 0 saturated carbocycles. The average molecular weight is 379 g/mol. The van der Waals surface area contributed by atoms with E-state index in [1.54, 1.807) is 11.3 Å². The second-order valence-corrected chi connectivity index (χ2v) is 7.49. The molecule has 27 heavy (non-hydrogen) atoms. The molecule has 4 rings (SSSR count). The molecule has 1 fully saturated rings. The second-order valence-electron chi connectivity index (χ2n) is 6.55. The van der Waals surface area contributed by atoms with E-state index in [9.17, 15) is 4.79 Å². The highest BCUT2D eigenvalue weighted by Gasteiger charge is 2.21. The van der Waals surface area contributed by atoms with E-state index in [2.05, 4.69) is 27.7 Å². The summed E-state index contributed by atoms with van der Waals surface area (Å²) in [5.41, 5.74) is 3.03. The fourth-order valence-electron chi connectivity index (χ4n) is 3.15. The van der Waals surface area contributed by atoms with Gasteiger partial charge in [0.25, 0.3) is 0 Å². The van der Waals surface area contributed by atoms with Crippen molar-refractivity contribution in [1.82, 2.24) is 14.8 Å². The number of para-hydroxylation sites is 1. The van der Waals surface area contributed by atoms with Gasteiger partial charge in [0.2, 0.25) is 0 Å². The van der Waals surface area contributed by atoms with Gasteiger partial charge in [-0.2, -0.15) is 0 Å². The number of hydrogen-bond donors (Lipinski definition) is 1. The number of nitrogens with one attached hydrogen (secondary N) is 1. The van der Waals surface area contributed by atoms with E-state index in [1.807, 2.05) is 53.4 Å². The number of carbonyl (C=O) groups is 1. The Kier molecular flexibility index (Phi) is 5.46. The maximum absolute atomic E-state index is 12.4. The Labute approximate surface area is 163 Å². The van der Waals surface area contributed by atoms with Crippen LogP contribution in [0.4, 0.5) is 10.5 Å². The van der Waals surface area contributed by atoms with E-state index >= 15 is 0 Å². The van der Waals surface area contributed by atoms with E-state index in [-0.39, 0.29) is 6.03 Å². The quantitative estimate of drug-likeness (QED) is 0.742. The fourth-order valence-corrected chi connectivity index (χ4v) is 3.99. The van der Waals surface area contributed by atoms with Crippen molar-refractivity contribution in [2.75, 3.05) is 31.5 Å². The van der Waals surface area contributed by atoms with E-state index in [0.29, 0.717) is 0 Å². The zero-order valence-electron chi connectivity index (χ0n) is 15.0. The fraction of sp³-hybridized carbons (Fsp3) is 0.238. The lowest BCUT2D eigenvalue weighted by Crippen LogP contribution is -2.49. The highest BCUT2D eigenvalue weighted by atomic mass is 32.1. The van der Waals surface area contributed by atoms with Gasteiger partial charge in [-0.25, -0.2) is 9.78 Å². The van der Waals surface area contributed by atoms with E-state index in [0.717, 1.165) is 54.7 Å². The minimum absolute atomic E-state index is 0.0264. The van der Waals surface area contributed by atoms with Crippen LogP contribution in [0.2, 0.25) is 0 Å². The van der Waals surface area contributed by atoms with Crippen LogP contribution in [0.5, 0.6) is 0 Å². The predicted octanol–water partition coefficient (Wildman–Crippen LogP) is 4.16. The Morgan fingerprint density at radius 1 is 0.963 bits per heavy atom. The summed E-state index contributed by atoms with van der Waals surface area (Å²) in [5.74, 6) is 0. The average Bonchev–Trinajstić information content (AvgIpc) is 3.18. The smallest absolute Gasteiger partial charge is 0.321 e. The molecular formula is C21H22N4OS. The van der Waals surface area contributed by atoms with Crippen LogP contribution in [-0.2, 0) is 6.54 Å². The Hall–Kier alpha value is -2.70.